The molecule has 1 aliphatic heterocycles. The van der Waals surface area contributed by atoms with E-state index in [-0.39, 0.29) is 30.6 Å². The van der Waals surface area contributed by atoms with Gasteiger partial charge >= 0.3 is 6.03 Å². The number of hydrogen-bond acceptors (Lipinski definition) is 3. The number of amides is 3. The van der Waals surface area contributed by atoms with Crippen molar-refractivity contribution < 1.29 is 19.1 Å². The third-order valence-electron chi connectivity index (χ3n) is 5.21. The van der Waals surface area contributed by atoms with E-state index in [2.05, 4.69) is 5.32 Å². The summed E-state index contributed by atoms with van der Waals surface area (Å²) in [5, 5.41) is 12.3. The highest BCUT2D eigenvalue weighted by Gasteiger charge is 2.39. The second kappa shape index (κ2) is 8.44. The summed E-state index contributed by atoms with van der Waals surface area (Å²) < 4.78 is 14.1. The molecule has 1 aliphatic carbocycles. The minimum Gasteiger partial charge on any atom is -0.387 e. The highest BCUT2D eigenvalue weighted by Crippen LogP contribution is 2.31. The molecule has 2 N–H and O–H groups in total. The Labute approximate surface area is 163 Å². The van der Waals surface area contributed by atoms with E-state index in [0.717, 1.165) is 31.2 Å². The molecule has 0 bridgehead atoms. The number of likely N-dealkylation sites (tertiary alicyclic amines) is 1. The zero-order valence-electron chi connectivity index (χ0n) is 15.4. The van der Waals surface area contributed by atoms with E-state index in [1.165, 1.54) is 6.07 Å². The van der Waals surface area contributed by atoms with Crippen molar-refractivity contribution in [1.29, 1.82) is 0 Å². The van der Waals surface area contributed by atoms with Crippen molar-refractivity contribution in [3.63, 3.8) is 0 Å². The quantitative estimate of drug-likeness (QED) is 0.801. The molecule has 2 aliphatic rings. The Morgan fingerprint density at radius 2 is 2.07 bits per heavy atom. The van der Waals surface area contributed by atoms with Gasteiger partial charge in [-0.15, -0.1) is 0 Å². The highest BCUT2D eigenvalue weighted by atomic mass is 35.5. The van der Waals surface area contributed by atoms with Gasteiger partial charge in [-0.25, -0.2) is 9.18 Å². The third-order valence-corrected chi connectivity index (χ3v) is 5.62. The number of halogens is 2. The minimum absolute atomic E-state index is 0.0813. The van der Waals surface area contributed by atoms with Crippen molar-refractivity contribution in [2.24, 2.45) is 0 Å². The average Bonchev–Trinajstić information content (AvgIpc) is 3.48. The first-order valence-electron chi connectivity index (χ1n) is 9.30. The fourth-order valence-electron chi connectivity index (χ4n) is 3.61. The number of benzene rings is 1. The molecule has 2 fully saturated rings. The van der Waals surface area contributed by atoms with Gasteiger partial charge in [0.2, 0.25) is 5.91 Å². The van der Waals surface area contributed by atoms with E-state index in [1.807, 2.05) is 0 Å². The van der Waals surface area contributed by atoms with E-state index in [4.69, 9.17) is 16.7 Å². The molecule has 1 saturated carbocycles. The first kappa shape index (κ1) is 19.9. The van der Waals surface area contributed by atoms with Gasteiger partial charge in [-0.3, -0.25) is 4.79 Å². The molecule has 8 heteroatoms. The van der Waals surface area contributed by atoms with Crippen LogP contribution in [-0.4, -0.2) is 58.6 Å². The van der Waals surface area contributed by atoms with Crippen LogP contribution >= 0.6 is 11.6 Å². The molecule has 0 unspecified atom stereocenters. The molecular formula is C19H25ClFN3O3. The van der Waals surface area contributed by atoms with E-state index in [1.54, 1.807) is 22.8 Å². The van der Waals surface area contributed by atoms with Gasteiger partial charge in [0.15, 0.2) is 0 Å². The molecule has 3 amide bonds. The van der Waals surface area contributed by atoms with Crippen LogP contribution in [0.15, 0.2) is 12.1 Å². The maximum atomic E-state index is 14.1. The molecule has 1 saturated heterocycles. The van der Waals surface area contributed by atoms with Crippen molar-refractivity contribution in [2.75, 3.05) is 19.7 Å². The number of piperidine rings is 1. The number of urea groups is 1. The molecule has 148 valence electrons. The second-order valence-corrected chi connectivity index (χ2v) is 7.69. The number of hydrogen-bond donors (Lipinski definition) is 2. The zero-order chi connectivity index (χ0) is 19.6. The maximum absolute atomic E-state index is 14.1. The molecule has 0 aromatic heterocycles. The van der Waals surface area contributed by atoms with E-state index < -0.39 is 12.4 Å². The van der Waals surface area contributed by atoms with Crippen molar-refractivity contribution in [2.45, 2.75) is 51.2 Å². The lowest BCUT2D eigenvalue weighted by atomic mass is 10.0. The van der Waals surface area contributed by atoms with Gasteiger partial charge in [0.1, 0.15) is 12.4 Å². The predicted octanol–water partition coefficient (Wildman–Crippen LogP) is 2.44. The molecular weight excluding hydrogens is 373 g/mol. The lowest BCUT2D eigenvalue weighted by molar-refractivity contribution is -0.136. The molecule has 1 atom stereocenters. The Hall–Kier alpha value is -1.86. The summed E-state index contributed by atoms with van der Waals surface area (Å²) in [5.74, 6) is -0.754. The summed E-state index contributed by atoms with van der Waals surface area (Å²) in [4.78, 5) is 28.0. The lowest BCUT2D eigenvalue weighted by Gasteiger charge is -2.39. The molecule has 27 heavy (non-hydrogen) atoms. The Kier molecular flexibility index (Phi) is 6.22. The monoisotopic (exact) mass is 397 g/mol. The zero-order valence-corrected chi connectivity index (χ0v) is 16.1. The van der Waals surface area contributed by atoms with Crippen LogP contribution in [0.2, 0.25) is 5.02 Å². The average molecular weight is 398 g/mol. The number of nitrogens with one attached hydrogen (secondary N) is 1. The van der Waals surface area contributed by atoms with Gasteiger partial charge in [-0.2, -0.15) is 0 Å². The van der Waals surface area contributed by atoms with Crippen LogP contribution in [0, 0.1) is 12.7 Å². The standard InChI is InChI=1S/C19H25ClFN3O3/c1-12-7-13(17(21)8-16(12)20)9-22-19(27)24(14-4-5-14)15-3-2-6-23(10-15)18(26)11-25/h7-8,14-15,25H,2-6,9-11H2,1H3,(H,22,27)/t15-/m1/s1. The van der Waals surface area contributed by atoms with Crippen LogP contribution in [0.1, 0.15) is 36.8 Å². The topological polar surface area (TPSA) is 72.9 Å². The third kappa shape index (κ3) is 4.71. The largest absolute Gasteiger partial charge is 0.387 e. The van der Waals surface area contributed by atoms with Gasteiger partial charge in [0, 0.05) is 36.3 Å². The normalized spacial score (nSPS) is 19.7. The highest BCUT2D eigenvalue weighted by molar-refractivity contribution is 6.31. The summed E-state index contributed by atoms with van der Waals surface area (Å²) in [6, 6.07) is 2.74. The Morgan fingerprint density at radius 1 is 1.33 bits per heavy atom. The van der Waals surface area contributed by atoms with E-state index >= 15 is 0 Å². The van der Waals surface area contributed by atoms with Gasteiger partial charge in [0.25, 0.3) is 0 Å². The van der Waals surface area contributed by atoms with Crippen molar-refractivity contribution in [3.8, 4) is 0 Å². The van der Waals surface area contributed by atoms with Crippen LogP contribution in [0.3, 0.4) is 0 Å². The summed E-state index contributed by atoms with van der Waals surface area (Å²) in [5.41, 5.74) is 1.15. The molecule has 3 rings (SSSR count). The van der Waals surface area contributed by atoms with Crippen LogP contribution in [0.4, 0.5) is 9.18 Å². The molecule has 1 aromatic rings. The van der Waals surface area contributed by atoms with E-state index in [9.17, 15) is 14.0 Å². The Morgan fingerprint density at radius 3 is 2.74 bits per heavy atom. The number of nitrogens with zero attached hydrogens (tertiary/aromatic N) is 2. The summed E-state index contributed by atoms with van der Waals surface area (Å²) in [6.07, 6.45) is 3.48. The van der Waals surface area contributed by atoms with Crippen molar-refractivity contribution in [3.05, 3.63) is 34.1 Å². The minimum atomic E-state index is -0.516. The molecule has 1 aromatic carbocycles. The van der Waals surface area contributed by atoms with Gasteiger partial charge in [-0.1, -0.05) is 11.6 Å². The molecule has 6 nitrogen and oxygen atoms in total. The first-order valence-corrected chi connectivity index (χ1v) is 9.67. The van der Waals surface area contributed by atoms with E-state index in [0.29, 0.717) is 23.7 Å². The van der Waals surface area contributed by atoms with Crippen molar-refractivity contribution >= 4 is 23.5 Å². The Balaban J connectivity index is 1.66. The van der Waals surface area contributed by atoms with Gasteiger partial charge < -0.3 is 20.2 Å². The van der Waals surface area contributed by atoms with Crippen LogP contribution in [-0.2, 0) is 11.3 Å². The van der Waals surface area contributed by atoms with Crippen LogP contribution in [0.25, 0.3) is 0 Å². The number of aliphatic hydroxyl groups is 1. The number of aryl methyl sites for hydroxylation is 1. The second-order valence-electron chi connectivity index (χ2n) is 7.28. The maximum Gasteiger partial charge on any atom is 0.318 e. The SMILES string of the molecule is Cc1cc(CNC(=O)N(C2CC2)[C@@H]2CCCN(C(=O)CO)C2)c(F)cc1Cl. The summed E-state index contributed by atoms with van der Waals surface area (Å²) in [6.45, 7) is 2.39. The number of rotatable bonds is 5. The molecule has 0 spiro atoms. The first-order chi connectivity index (χ1) is 12.9. The van der Waals surface area contributed by atoms with Crippen molar-refractivity contribution in [1.82, 2.24) is 15.1 Å². The van der Waals surface area contributed by atoms with Crippen LogP contribution in [0.5, 0.6) is 0 Å². The smallest absolute Gasteiger partial charge is 0.318 e. The lowest BCUT2D eigenvalue weighted by Crippen LogP contribution is -2.55. The number of carbonyl (C=O) groups excluding carboxylic acids is 2. The number of carbonyl (C=O) groups is 2. The fourth-order valence-corrected chi connectivity index (χ4v) is 3.76. The molecule has 1 heterocycles. The number of aliphatic hydroxyl groups excluding tert-OH is 1. The van der Waals surface area contributed by atoms with Crippen LogP contribution < -0.4 is 5.32 Å². The summed E-state index contributed by atoms with van der Waals surface area (Å²) >= 11 is 5.92. The van der Waals surface area contributed by atoms with Gasteiger partial charge in [0.05, 0.1) is 6.04 Å². The van der Waals surface area contributed by atoms with Gasteiger partial charge in [-0.05, 0) is 50.3 Å². The molecule has 0 radical (unpaired) electrons. The Bertz CT molecular complexity index is 726. The fraction of sp³-hybridized carbons (Fsp3) is 0.579. The predicted molar refractivity (Wildman–Crippen MR) is 99.9 cm³/mol. The summed E-state index contributed by atoms with van der Waals surface area (Å²) in [7, 11) is 0.